The molecule has 0 bridgehead atoms. The number of amides is 2. The van der Waals surface area contributed by atoms with Crippen LogP contribution in [0.5, 0.6) is 0 Å². The molecule has 2 amide bonds. The van der Waals surface area contributed by atoms with Crippen molar-refractivity contribution in [3.63, 3.8) is 0 Å². The van der Waals surface area contributed by atoms with Gasteiger partial charge in [-0.15, -0.1) is 0 Å². The van der Waals surface area contributed by atoms with E-state index in [0.29, 0.717) is 15.6 Å². The number of alkyl halides is 3. The van der Waals surface area contributed by atoms with Gasteiger partial charge in [0.25, 0.3) is 0 Å². The summed E-state index contributed by atoms with van der Waals surface area (Å²) >= 11 is 12.9. The zero-order valence-electron chi connectivity index (χ0n) is 24.4. The average Bonchev–Trinajstić information content (AvgIpc) is 2.93. The SMILES string of the molecule is CC(C)NC(=O)C(Cc1ccccc1)N(Cc1c(Cl)cccc1Cl)C(=O)CCCN(c1cccc(C(F)(F)F)c1)S(C)(=O)=O. The fourth-order valence-electron chi connectivity index (χ4n) is 4.63. The highest BCUT2D eigenvalue weighted by Gasteiger charge is 2.33. The summed E-state index contributed by atoms with van der Waals surface area (Å²) < 4.78 is 66.0. The van der Waals surface area contributed by atoms with Gasteiger partial charge >= 0.3 is 6.18 Å². The number of nitrogens with one attached hydrogen (secondary N) is 1. The molecule has 1 N–H and O–H groups in total. The molecule has 44 heavy (non-hydrogen) atoms. The molecule has 0 aliphatic carbocycles. The lowest BCUT2D eigenvalue weighted by atomic mass is 10.0. The Balaban J connectivity index is 1.94. The lowest BCUT2D eigenvalue weighted by Gasteiger charge is -2.33. The van der Waals surface area contributed by atoms with Gasteiger partial charge in [0.15, 0.2) is 0 Å². The van der Waals surface area contributed by atoms with E-state index in [-0.39, 0.29) is 44.1 Å². The summed E-state index contributed by atoms with van der Waals surface area (Å²) in [6, 6.07) is 16.8. The molecule has 3 aromatic rings. The Kier molecular flexibility index (Phi) is 12.1. The van der Waals surface area contributed by atoms with Gasteiger partial charge in [0.1, 0.15) is 6.04 Å². The van der Waals surface area contributed by atoms with Crippen LogP contribution in [-0.4, -0.2) is 50.0 Å². The Labute approximate surface area is 266 Å². The second kappa shape index (κ2) is 15.1. The average molecular weight is 673 g/mol. The Bertz CT molecular complexity index is 1530. The first-order chi connectivity index (χ1) is 20.6. The van der Waals surface area contributed by atoms with Gasteiger partial charge in [-0.3, -0.25) is 13.9 Å². The normalized spacial score (nSPS) is 12.6. The summed E-state index contributed by atoms with van der Waals surface area (Å²) in [5, 5.41) is 3.46. The van der Waals surface area contributed by atoms with Crippen molar-refractivity contribution >= 4 is 50.7 Å². The summed E-state index contributed by atoms with van der Waals surface area (Å²) in [6.07, 6.45) is -3.87. The highest BCUT2D eigenvalue weighted by Crippen LogP contribution is 2.32. The number of rotatable bonds is 13. The number of carbonyl (C=O) groups is 2. The minimum absolute atomic E-state index is 0.0429. The second-order valence-corrected chi connectivity index (χ2v) is 13.3. The monoisotopic (exact) mass is 671 g/mol. The Morgan fingerprint density at radius 2 is 1.55 bits per heavy atom. The van der Waals surface area contributed by atoms with Crippen LogP contribution < -0.4 is 9.62 Å². The molecule has 3 rings (SSSR count). The number of sulfonamides is 1. The Morgan fingerprint density at radius 3 is 2.11 bits per heavy atom. The molecular formula is C31H34Cl2F3N3O4S. The third-order valence-corrected chi connectivity index (χ3v) is 8.61. The van der Waals surface area contributed by atoms with E-state index in [0.717, 1.165) is 34.3 Å². The van der Waals surface area contributed by atoms with Crippen molar-refractivity contribution in [2.45, 2.75) is 57.9 Å². The fraction of sp³-hybridized carbons (Fsp3) is 0.355. The Morgan fingerprint density at radius 1 is 0.932 bits per heavy atom. The fourth-order valence-corrected chi connectivity index (χ4v) is 6.10. The third-order valence-electron chi connectivity index (χ3n) is 6.71. The van der Waals surface area contributed by atoms with Crippen LogP contribution in [0.4, 0.5) is 18.9 Å². The molecule has 0 radical (unpaired) electrons. The van der Waals surface area contributed by atoms with Gasteiger partial charge in [-0.05, 0) is 56.2 Å². The van der Waals surface area contributed by atoms with Crippen molar-refractivity contribution in [3.8, 4) is 0 Å². The van der Waals surface area contributed by atoms with Crippen LogP contribution in [0.15, 0.2) is 72.8 Å². The number of anilines is 1. The van der Waals surface area contributed by atoms with Gasteiger partial charge in [0.05, 0.1) is 17.5 Å². The van der Waals surface area contributed by atoms with Gasteiger partial charge < -0.3 is 10.2 Å². The zero-order chi connectivity index (χ0) is 32.7. The summed E-state index contributed by atoms with van der Waals surface area (Å²) in [4.78, 5) is 28.8. The van der Waals surface area contributed by atoms with Crippen molar-refractivity contribution in [1.29, 1.82) is 0 Å². The first-order valence-electron chi connectivity index (χ1n) is 13.8. The van der Waals surface area contributed by atoms with E-state index < -0.39 is 39.6 Å². The number of hydrogen-bond donors (Lipinski definition) is 1. The predicted octanol–water partition coefficient (Wildman–Crippen LogP) is 6.72. The van der Waals surface area contributed by atoms with Crippen molar-refractivity contribution in [2.75, 3.05) is 17.1 Å². The summed E-state index contributed by atoms with van der Waals surface area (Å²) in [5.41, 5.74) is 0.0590. The molecule has 0 fully saturated rings. The molecule has 13 heteroatoms. The molecule has 0 heterocycles. The number of carbonyl (C=O) groups excluding carboxylic acids is 2. The van der Waals surface area contributed by atoms with Crippen LogP contribution in [0, 0.1) is 0 Å². The van der Waals surface area contributed by atoms with Gasteiger partial charge in [-0.1, -0.05) is 65.7 Å². The maximum atomic E-state index is 13.9. The van der Waals surface area contributed by atoms with Crippen LogP contribution in [0.1, 0.15) is 43.4 Å². The third kappa shape index (κ3) is 9.87. The largest absolute Gasteiger partial charge is 0.416 e. The minimum atomic E-state index is -4.67. The molecule has 0 saturated carbocycles. The molecular weight excluding hydrogens is 638 g/mol. The van der Waals surface area contributed by atoms with E-state index in [2.05, 4.69) is 5.32 Å². The summed E-state index contributed by atoms with van der Waals surface area (Å²) in [7, 11) is -4.00. The highest BCUT2D eigenvalue weighted by atomic mass is 35.5. The van der Waals surface area contributed by atoms with Crippen molar-refractivity contribution in [2.24, 2.45) is 0 Å². The number of hydrogen-bond acceptors (Lipinski definition) is 4. The maximum Gasteiger partial charge on any atom is 0.416 e. The molecule has 1 unspecified atom stereocenters. The molecule has 0 saturated heterocycles. The lowest BCUT2D eigenvalue weighted by molar-refractivity contribution is -0.141. The second-order valence-electron chi connectivity index (χ2n) is 10.6. The van der Waals surface area contributed by atoms with E-state index in [1.807, 2.05) is 30.3 Å². The summed E-state index contributed by atoms with van der Waals surface area (Å²) in [5.74, 6) is -0.888. The van der Waals surface area contributed by atoms with Crippen LogP contribution in [0.2, 0.25) is 10.0 Å². The number of benzene rings is 3. The minimum Gasteiger partial charge on any atom is -0.352 e. The van der Waals surface area contributed by atoms with Crippen molar-refractivity contribution < 1.29 is 31.2 Å². The van der Waals surface area contributed by atoms with Crippen molar-refractivity contribution in [1.82, 2.24) is 10.2 Å². The van der Waals surface area contributed by atoms with E-state index in [1.54, 1.807) is 32.0 Å². The van der Waals surface area contributed by atoms with Crippen LogP contribution >= 0.6 is 23.2 Å². The molecule has 0 aromatic heterocycles. The smallest absolute Gasteiger partial charge is 0.352 e. The van der Waals surface area contributed by atoms with Gasteiger partial charge in [-0.2, -0.15) is 13.2 Å². The molecule has 3 aromatic carbocycles. The van der Waals surface area contributed by atoms with E-state index in [9.17, 15) is 31.2 Å². The molecule has 0 aliphatic rings. The van der Waals surface area contributed by atoms with Gasteiger partial charge in [0.2, 0.25) is 21.8 Å². The van der Waals surface area contributed by atoms with Crippen LogP contribution in [0.25, 0.3) is 0 Å². The molecule has 0 aliphatic heterocycles. The van der Waals surface area contributed by atoms with Crippen LogP contribution in [-0.2, 0) is 38.8 Å². The number of nitrogens with zero attached hydrogens (tertiary/aromatic N) is 2. The topological polar surface area (TPSA) is 86.8 Å². The Hall–Kier alpha value is -3.28. The molecule has 238 valence electrons. The quantitative estimate of drug-likeness (QED) is 0.219. The molecule has 7 nitrogen and oxygen atoms in total. The first kappa shape index (κ1) is 35.2. The summed E-state index contributed by atoms with van der Waals surface area (Å²) in [6.45, 7) is 3.21. The van der Waals surface area contributed by atoms with E-state index >= 15 is 0 Å². The molecule has 1 atom stereocenters. The lowest BCUT2D eigenvalue weighted by Crippen LogP contribution is -2.52. The van der Waals surface area contributed by atoms with Crippen LogP contribution in [0.3, 0.4) is 0 Å². The van der Waals surface area contributed by atoms with Gasteiger partial charge in [-0.25, -0.2) is 8.42 Å². The molecule has 0 spiro atoms. The first-order valence-corrected chi connectivity index (χ1v) is 16.4. The predicted molar refractivity (Wildman–Crippen MR) is 167 cm³/mol. The van der Waals surface area contributed by atoms with E-state index in [4.69, 9.17) is 23.2 Å². The van der Waals surface area contributed by atoms with Crippen molar-refractivity contribution in [3.05, 3.63) is 99.5 Å². The standard InChI is InChI=1S/C31H34Cl2F3N3O4S/c1-21(2)37-30(41)28(18-22-10-5-4-6-11-22)38(20-25-26(32)14-8-15-27(25)33)29(40)16-9-17-39(44(3,42)43)24-13-7-12-23(19-24)31(34,35)36/h4-8,10-15,19,21,28H,9,16-18,20H2,1-3H3,(H,37,41). The van der Waals surface area contributed by atoms with Gasteiger partial charge in [0, 0.05) is 47.6 Å². The highest BCUT2D eigenvalue weighted by molar-refractivity contribution is 7.92. The number of halogens is 5. The zero-order valence-corrected chi connectivity index (χ0v) is 26.8. The maximum absolute atomic E-state index is 13.9. The van der Waals surface area contributed by atoms with E-state index in [1.165, 1.54) is 11.0 Å².